The van der Waals surface area contributed by atoms with Crippen molar-refractivity contribution in [2.24, 2.45) is 0 Å². The second-order valence-corrected chi connectivity index (χ2v) is 6.43. The summed E-state index contributed by atoms with van der Waals surface area (Å²) in [5.74, 6) is 3.93. The first-order valence-corrected chi connectivity index (χ1v) is 7.99. The molecule has 1 aliphatic rings. The Morgan fingerprint density at radius 3 is 3.25 bits per heavy atom. The quantitative estimate of drug-likeness (QED) is 0.872. The van der Waals surface area contributed by atoms with E-state index in [0.29, 0.717) is 0 Å². The van der Waals surface area contributed by atoms with Crippen LogP contribution in [0.4, 0.5) is 0 Å². The van der Waals surface area contributed by atoms with Gasteiger partial charge >= 0.3 is 0 Å². The standard InChI is InChI=1S/C11H19N3S2/c1-2-14-9-13-6-10(14)5-12-7-11-8-15-3-4-16-11/h6,9,11-12H,2-5,7-8H2,1H3. The summed E-state index contributed by atoms with van der Waals surface area (Å²) in [4.78, 5) is 4.17. The van der Waals surface area contributed by atoms with Crippen LogP contribution < -0.4 is 5.32 Å². The van der Waals surface area contributed by atoms with Gasteiger partial charge in [0, 0.05) is 48.3 Å². The molecule has 5 heteroatoms. The van der Waals surface area contributed by atoms with Gasteiger partial charge in [0.15, 0.2) is 0 Å². The van der Waals surface area contributed by atoms with Crippen LogP contribution in [0.2, 0.25) is 0 Å². The Morgan fingerprint density at radius 2 is 2.50 bits per heavy atom. The lowest BCUT2D eigenvalue weighted by atomic mass is 10.4. The van der Waals surface area contributed by atoms with Gasteiger partial charge in [0.2, 0.25) is 0 Å². The second kappa shape index (κ2) is 6.57. The van der Waals surface area contributed by atoms with E-state index in [1.54, 1.807) is 0 Å². The number of aromatic nitrogens is 2. The number of hydrogen-bond acceptors (Lipinski definition) is 4. The van der Waals surface area contributed by atoms with Gasteiger partial charge in [0.1, 0.15) is 0 Å². The molecule has 1 aromatic heterocycles. The maximum atomic E-state index is 4.17. The van der Waals surface area contributed by atoms with E-state index >= 15 is 0 Å². The van der Waals surface area contributed by atoms with Crippen molar-refractivity contribution in [3.05, 3.63) is 18.2 Å². The van der Waals surface area contributed by atoms with Gasteiger partial charge in [-0.25, -0.2) is 4.98 Å². The average molecular weight is 257 g/mol. The second-order valence-electron chi connectivity index (χ2n) is 3.87. The van der Waals surface area contributed by atoms with Crippen molar-refractivity contribution in [1.82, 2.24) is 14.9 Å². The van der Waals surface area contributed by atoms with E-state index in [9.17, 15) is 0 Å². The van der Waals surface area contributed by atoms with Crippen molar-refractivity contribution in [3.63, 3.8) is 0 Å². The molecule has 0 spiro atoms. The number of nitrogens with zero attached hydrogens (tertiary/aromatic N) is 2. The normalized spacial score (nSPS) is 21.2. The van der Waals surface area contributed by atoms with Crippen LogP contribution in [0.3, 0.4) is 0 Å². The maximum Gasteiger partial charge on any atom is 0.0948 e. The minimum Gasteiger partial charge on any atom is -0.334 e. The molecule has 3 nitrogen and oxygen atoms in total. The Kier molecular flexibility index (Phi) is 5.06. The van der Waals surface area contributed by atoms with Gasteiger partial charge in [-0.3, -0.25) is 0 Å². The minimum atomic E-state index is 0.789. The molecule has 0 aromatic carbocycles. The highest BCUT2D eigenvalue weighted by atomic mass is 32.2. The van der Waals surface area contributed by atoms with E-state index in [1.807, 2.05) is 12.5 Å². The maximum absolute atomic E-state index is 4.17. The summed E-state index contributed by atoms with van der Waals surface area (Å²) >= 11 is 4.18. The van der Waals surface area contributed by atoms with Crippen LogP contribution in [-0.2, 0) is 13.1 Å². The van der Waals surface area contributed by atoms with Gasteiger partial charge in [-0.2, -0.15) is 23.5 Å². The Bertz CT molecular complexity index is 308. The fraction of sp³-hybridized carbons (Fsp3) is 0.727. The van der Waals surface area contributed by atoms with Crippen LogP contribution in [-0.4, -0.2) is 38.6 Å². The molecular weight excluding hydrogens is 238 g/mol. The number of rotatable bonds is 5. The lowest BCUT2D eigenvalue weighted by Gasteiger charge is -2.21. The minimum absolute atomic E-state index is 0.789. The molecule has 1 fully saturated rings. The van der Waals surface area contributed by atoms with E-state index in [-0.39, 0.29) is 0 Å². The summed E-state index contributed by atoms with van der Waals surface area (Å²) in [7, 11) is 0. The predicted molar refractivity (Wildman–Crippen MR) is 73.2 cm³/mol. The first-order valence-electron chi connectivity index (χ1n) is 5.79. The van der Waals surface area contributed by atoms with Gasteiger partial charge in [-0.1, -0.05) is 0 Å². The number of nitrogens with one attached hydrogen (secondary N) is 1. The third-order valence-electron chi connectivity index (χ3n) is 2.70. The zero-order valence-electron chi connectivity index (χ0n) is 9.69. The molecule has 1 saturated heterocycles. The Balaban J connectivity index is 1.71. The SMILES string of the molecule is CCn1cncc1CNCC1CSCCS1. The summed E-state index contributed by atoms with van der Waals surface area (Å²) in [6.45, 7) is 5.21. The molecule has 0 saturated carbocycles. The Hall–Kier alpha value is -0.130. The summed E-state index contributed by atoms with van der Waals surface area (Å²) in [5, 5.41) is 4.33. The van der Waals surface area contributed by atoms with Crippen LogP contribution >= 0.6 is 23.5 Å². The summed E-state index contributed by atoms with van der Waals surface area (Å²) in [5.41, 5.74) is 1.29. The van der Waals surface area contributed by atoms with Gasteiger partial charge in [-0.15, -0.1) is 0 Å². The molecule has 16 heavy (non-hydrogen) atoms. The number of imidazole rings is 1. The summed E-state index contributed by atoms with van der Waals surface area (Å²) < 4.78 is 2.19. The fourth-order valence-electron chi connectivity index (χ4n) is 1.80. The molecule has 2 rings (SSSR count). The predicted octanol–water partition coefficient (Wildman–Crippen LogP) is 1.84. The highest BCUT2D eigenvalue weighted by Gasteiger charge is 2.13. The first kappa shape index (κ1) is 12.3. The molecule has 0 radical (unpaired) electrons. The molecule has 1 atom stereocenters. The zero-order valence-corrected chi connectivity index (χ0v) is 11.3. The highest BCUT2D eigenvalue weighted by molar-refractivity contribution is 8.06. The van der Waals surface area contributed by atoms with E-state index in [2.05, 4.69) is 45.3 Å². The topological polar surface area (TPSA) is 29.9 Å². The highest BCUT2D eigenvalue weighted by Crippen LogP contribution is 2.23. The van der Waals surface area contributed by atoms with Crippen molar-refractivity contribution in [2.45, 2.75) is 25.3 Å². The van der Waals surface area contributed by atoms with Crippen LogP contribution in [0, 0.1) is 0 Å². The lowest BCUT2D eigenvalue weighted by molar-refractivity contribution is 0.628. The van der Waals surface area contributed by atoms with Crippen LogP contribution in [0.15, 0.2) is 12.5 Å². The Morgan fingerprint density at radius 1 is 1.56 bits per heavy atom. The Labute approximate surface area is 106 Å². The van der Waals surface area contributed by atoms with Crippen LogP contribution in [0.1, 0.15) is 12.6 Å². The summed E-state index contributed by atoms with van der Waals surface area (Å²) in [6, 6.07) is 0. The number of hydrogen-bond donors (Lipinski definition) is 1. The van der Waals surface area contributed by atoms with Crippen molar-refractivity contribution >= 4 is 23.5 Å². The third kappa shape index (κ3) is 3.43. The molecule has 0 aliphatic carbocycles. The van der Waals surface area contributed by atoms with Crippen LogP contribution in [0.25, 0.3) is 0 Å². The zero-order chi connectivity index (χ0) is 11.2. The average Bonchev–Trinajstić information content (AvgIpc) is 2.78. The van der Waals surface area contributed by atoms with Gasteiger partial charge < -0.3 is 9.88 Å². The fourth-order valence-corrected chi connectivity index (χ4v) is 4.44. The number of aryl methyl sites for hydroxylation is 1. The van der Waals surface area contributed by atoms with Crippen LogP contribution in [0.5, 0.6) is 0 Å². The molecule has 1 N–H and O–H groups in total. The van der Waals surface area contributed by atoms with E-state index < -0.39 is 0 Å². The van der Waals surface area contributed by atoms with E-state index in [1.165, 1.54) is 23.0 Å². The van der Waals surface area contributed by atoms with Gasteiger partial charge in [0.05, 0.1) is 12.0 Å². The van der Waals surface area contributed by atoms with E-state index in [4.69, 9.17) is 0 Å². The van der Waals surface area contributed by atoms with Crippen molar-refractivity contribution in [2.75, 3.05) is 23.8 Å². The number of thioether (sulfide) groups is 2. The van der Waals surface area contributed by atoms with E-state index in [0.717, 1.165) is 24.9 Å². The van der Waals surface area contributed by atoms with Gasteiger partial charge in [0.25, 0.3) is 0 Å². The molecular formula is C11H19N3S2. The molecule has 0 bridgehead atoms. The monoisotopic (exact) mass is 257 g/mol. The molecule has 1 aliphatic heterocycles. The summed E-state index contributed by atoms with van der Waals surface area (Å²) in [6.07, 6.45) is 3.86. The lowest BCUT2D eigenvalue weighted by Crippen LogP contribution is -2.29. The smallest absolute Gasteiger partial charge is 0.0948 e. The molecule has 90 valence electrons. The van der Waals surface area contributed by atoms with Crippen molar-refractivity contribution in [1.29, 1.82) is 0 Å². The molecule has 1 unspecified atom stereocenters. The molecule has 0 amide bonds. The largest absolute Gasteiger partial charge is 0.334 e. The molecule has 2 heterocycles. The first-order chi connectivity index (χ1) is 7.90. The van der Waals surface area contributed by atoms with Crippen molar-refractivity contribution in [3.8, 4) is 0 Å². The van der Waals surface area contributed by atoms with Gasteiger partial charge in [-0.05, 0) is 6.92 Å². The molecule has 1 aromatic rings. The third-order valence-corrected chi connectivity index (χ3v) is 5.55. The van der Waals surface area contributed by atoms with Crippen molar-refractivity contribution < 1.29 is 0 Å².